The number of rotatable bonds is 2. The molecule has 0 fully saturated rings. The number of pyridine rings is 1. The Morgan fingerprint density at radius 2 is 1.75 bits per heavy atom. The highest BCUT2D eigenvalue weighted by Gasteiger charge is 2.29. The quantitative estimate of drug-likeness (QED) is 0.754. The van der Waals surface area contributed by atoms with Gasteiger partial charge in [0.2, 0.25) is 0 Å². The molecule has 2 aromatic rings. The fourth-order valence-corrected chi connectivity index (χ4v) is 3.01. The number of aromatic nitrogens is 1. The average molecular weight is 263 g/mol. The molecule has 1 unspecified atom stereocenters. The van der Waals surface area contributed by atoms with Crippen molar-refractivity contribution >= 4 is 5.57 Å². The van der Waals surface area contributed by atoms with Crippen molar-refractivity contribution in [3.63, 3.8) is 0 Å². The van der Waals surface area contributed by atoms with Gasteiger partial charge in [-0.25, -0.2) is 0 Å². The van der Waals surface area contributed by atoms with Gasteiger partial charge in [-0.2, -0.15) is 0 Å². The molecule has 20 heavy (non-hydrogen) atoms. The van der Waals surface area contributed by atoms with E-state index in [9.17, 15) is 0 Å². The van der Waals surface area contributed by atoms with Gasteiger partial charge in [-0.15, -0.1) is 0 Å². The van der Waals surface area contributed by atoms with E-state index in [4.69, 9.17) is 0 Å². The molecule has 0 saturated carbocycles. The van der Waals surface area contributed by atoms with E-state index >= 15 is 0 Å². The van der Waals surface area contributed by atoms with Crippen LogP contribution in [0.3, 0.4) is 0 Å². The number of hydrogen-bond acceptors (Lipinski definition) is 1. The lowest BCUT2D eigenvalue weighted by Crippen LogP contribution is -2.06. The van der Waals surface area contributed by atoms with Crippen LogP contribution in [-0.2, 0) is 6.42 Å². The predicted octanol–water partition coefficient (Wildman–Crippen LogP) is 4.85. The molecule has 1 atom stereocenters. The number of fused-ring (bicyclic) bond motifs is 1. The minimum absolute atomic E-state index is 0.189. The summed E-state index contributed by atoms with van der Waals surface area (Å²) < 4.78 is 0. The molecule has 1 heteroatoms. The normalized spacial score (nSPS) is 17.8. The molecule has 1 aromatic heterocycles. The molecule has 0 aliphatic heterocycles. The lowest BCUT2D eigenvalue weighted by molar-refractivity contribution is 0.567. The molecule has 0 saturated heterocycles. The minimum atomic E-state index is 0.189. The Morgan fingerprint density at radius 1 is 1.00 bits per heavy atom. The Morgan fingerprint density at radius 3 is 2.45 bits per heavy atom. The summed E-state index contributed by atoms with van der Waals surface area (Å²) in [6.45, 7) is 6.87. The highest BCUT2D eigenvalue weighted by atomic mass is 14.7. The molecule has 1 nitrogen and oxygen atoms in total. The first-order valence-electron chi connectivity index (χ1n) is 7.27. The van der Waals surface area contributed by atoms with Crippen LogP contribution >= 0.6 is 0 Å². The van der Waals surface area contributed by atoms with Crippen LogP contribution in [0, 0.1) is 5.41 Å². The smallest absolute Gasteiger partial charge is 0.0412 e. The van der Waals surface area contributed by atoms with Gasteiger partial charge >= 0.3 is 0 Å². The van der Waals surface area contributed by atoms with E-state index in [0.29, 0.717) is 5.92 Å². The Balaban J connectivity index is 1.98. The molecule has 3 rings (SSSR count). The third-order valence-electron chi connectivity index (χ3n) is 3.98. The summed E-state index contributed by atoms with van der Waals surface area (Å²) in [6, 6.07) is 15.0. The monoisotopic (exact) mass is 263 g/mol. The van der Waals surface area contributed by atoms with E-state index in [1.165, 1.54) is 22.4 Å². The maximum Gasteiger partial charge on any atom is 0.0412 e. The summed E-state index contributed by atoms with van der Waals surface area (Å²) in [6.07, 6.45) is 5.31. The van der Waals surface area contributed by atoms with Gasteiger partial charge in [-0.1, -0.05) is 57.2 Å². The lowest BCUT2D eigenvalue weighted by atomic mass is 9.83. The molecule has 0 N–H and O–H groups in total. The van der Waals surface area contributed by atoms with Gasteiger partial charge in [0.1, 0.15) is 0 Å². The standard InChI is InChI=1S/C19H21N/c1-19(2,3)18-13-14(12-15-8-6-7-11-20-15)16-9-4-5-10-17(16)18/h4-11,13-14H,12H2,1-3H3. The van der Waals surface area contributed by atoms with Crippen LogP contribution in [0.25, 0.3) is 5.57 Å². The second kappa shape index (κ2) is 4.90. The van der Waals surface area contributed by atoms with Crippen molar-refractivity contribution < 1.29 is 0 Å². The summed E-state index contributed by atoms with van der Waals surface area (Å²) in [7, 11) is 0. The van der Waals surface area contributed by atoms with Crippen molar-refractivity contribution in [3.8, 4) is 0 Å². The van der Waals surface area contributed by atoms with Crippen molar-refractivity contribution in [2.75, 3.05) is 0 Å². The molecule has 1 aromatic carbocycles. The summed E-state index contributed by atoms with van der Waals surface area (Å²) in [5.74, 6) is 0.454. The van der Waals surface area contributed by atoms with Gasteiger partial charge in [0.15, 0.2) is 0 Å². The Bertz CT molecular complexity index is 632. The summed E-state index contributed by atoms with van der Waals surface area (Å²) in [4.78, 5) is 4.47. The van der Waals surface area contributed by atoms with Crippen molar-refractivity contribution in [2.45, 2.75) is 33.1 Å². The predicted molar refractivity (Wildman–Crippen MR) is 84.6 cm³/mol. The molecule has 1 aliphatic carbocycles. The molecule has 0 amide bonds. The van der Waals surface area contributed by atoms with Crippen LogP contribution < -0.4 is 0 Å². The number of benzene rings is 1. The number of hydrogen-bond donors (Lipinski definition) is 0. The third kappa shape index (κ3) is 2.40. The van der Waals surface area contributed by atoms with Gasteiger partial charge < -0.3 is 0 Å². The first-order chi connectivity index (χ1) is 9.55. The van der Waals surface area contributed by atoms with Crippen LogP contribution in [0.15, 0.2) is 54.7 Å². The zero-order valence-electron chi connectivity index (χ0n) is 12.4. The Kier molecular flexibility index (Phi) is 3.21. The molecule has 1 aliphatic rings. The fraction of sp³-hybridized carbons (Fsp3) is 0.316. The molecule has 102 valence electrons. The van der Waals surface area contributed by atoms with Crippen LogP contribution in [0.5, 0.6) is 0 Å². The third-order valence-corrected chi connectivity index (χ3v) is 3.98. The first kappa shape index (κ1) is 13.1. The number of allylic oxidation sites excluding steroid dienone is 2. The average Bonchev–Trinajstić information content (AvgIpc) is 2.79. The maximum absolute atomic E-state index is 4.47. The summed E-state index contributed by atoms with van der Waals surface area (Å²) in [5.41, 5.74) is 5.69. The van der Waals surface area contributed by atoms with Gasteiger partial charge in [-0.05, 0) is 34.2 Å². The summed E-state index contributed by atoms with van der Waals surface area (Å²) >= 11 is 0. The van der Waals surface area contributed by atoms with Crippen LogP contribution in [-0.4, -0.2) is 4.98 Å². The van der Waals surface area contributed by atoms with Gasteiger partial charge in [0, 0.05) is 24.2 Å². The summed E-state index contributed by atoms with van der Waals surface area (Å²) in [5, 5.41) is 0. The zero-order valence-corrected chi connectivity index (χ0v) is 12.4. The van der Waals surface area contributed by atoms with E-state index < -0.39 is 0 Å². The highest BCUT2D eigenvalue weighted by molar-refractivity contribution is 5.77. The van der Waals surface area contributed by atoms with E-state index in [-0.39, 0.29) is 5.41 Å². The Labute approximate surface area is 121 Å². The maximum atomic E-state index is 4.47. The van der Waals surface area contributed by atoms with Gasteiger partial charge in [0.25, 0.3) is 0 Å². The zero-order chi connectivity index (χ0) is 14.2. The molecule has 0 bridgehead atoms. The van der Waals surface area contributed by atoms with Gasteiger partial charge in [-0.3, -0.25) is 4.98 Å². The lowest BCUT2D eigenvalue weighted by Gasteiger charge is -2.21. The molecular weight excluding hydrogens is 242 g/mol. The highest BCUT2D eigenvalue weighted by Crippen LogP contribution is 2.45. The van der Waals surface area contributed by atoms with E-state index in [1.807, 2.05) is 12.3 Å². The minimum Gasteiger partial charge on any atom is -0.261 e. The van der Waals surface area contributed by atoms with Crippen LogP contribution in [0.2, 0.25) is 0 Å². The largest absolute Gasteiger partial charge is 0.261 e. The van der Waals surface area contributed by atoms with Gasteiger partial charge in [0.05, 0.1) is 0 Å². The van der Waals surface area contributed by atoms with Crippen LogP contribution in [0.1, 0.15) is 43.5 Å². The fourth-order valence-electron chi connectivity index (χ4n) is 3.01. The first-order valence-corrected chi connectivity index (χ1v) is 7.27. The SMILES string of the molecule is CC(C)(C)C1=CC(Cc2ccccn2)c2ccccc21. The van der Waals surface area contributed by atoms with E-state index in [0.717, 1.165) is 6.42 Å². The van der Waals surface area contributed by atoms with Crippen molar-refractivity contribution in [3.05, 3.63) is 71.6 Å². The molecular formula is C19H21N. The van der Waals surface area contributed by atoms with Crippen molar-refractivity contribution in [1.82, 2.24) is 4.98 Å². The van der Waals surface area contributed by atoms with E-state index in [1.54, 1.807) is 0 Å². The molecule has 0 spiro atoms. The molecule has 1 heterocycles. The van der Waals surface area contributed by atoms with Crippen molar-refractivity contribution in [1.29, 1.82) is 0 Å². The Hall–Kier alpha value is -1.89. The second-order valence-corrected chi connectivity index (χ2v) is 6.55. The molecule has 0 radical (unpaired) electrons. The second-order valence-electron chi connectivity index (χ2n) is 6.55. The van der Waals surface area contributed by atoms with Crippen molar-refractivity contribution in [2.24, 2.45) is 5.41 Å². The number of nitrogens with zero attached hydrogens (tertiary/aromatic N) is 1. The topological polar surface area (TPSA) is 12.9 Å². The van der Waals surface area contributed by atoms with Crippen LogP contribution in [0.4, 0.5) is 0 Å². The van der Waals surface area contributed by atoms with E-state index in [2.05, 4.69) is 68.2 Å².